The van der Waals surface area contributed by atoms with Crippen LogP contribution in [0.4, 0.5) is 0 Å². The lowest BCUT2D eigenvalue weighted by Gasteiger charge is -2.42. The second kappa shape index (κ2) is 19.4. The molecule has 2 fully saturated rings. The van der Waals surface area contributed by atoms with Gasteiger partial charge in [0.25, 0.3) is 0 Å². The molecule has 0 bridgehead atoms. The Morgan fingerprint density at radius 1 is 0.812 bits per heavy atom. The van der Waals surface area contributed by atoms with Crippen LogP contribution >= 0.6 is 51.1 Å². The number of carbonyl (C=O) groups is 2. The lowest BCUT2D eigenvalue weighted by molar-refractivity contribution is -0.153. The Bertz CT molecular complexity index is 1390. The highest BCUT2D eigenvalue weighted by atomic mass is 79.9. The average molecular weight is 786 g/mol. The van der Waals surface area contributed by atoms with Crippen LogP contribution in [0.2, 0.25) is 5.02 Å². The normalized spacial score (nSPS) is 29.6. The third-order valence-electron chi connectivity index (χ3n) is 7.94. The number of rotatable bonds is 10. The van der Waals surface area contributed by atoms with E-state index in [9.17, 15) is 9.59 Å². The van der Waals surface area contributed by atoms with E-state index in [-0.39, 0.29) is 84.0 Å². The van der Waals surface area contributed by atoms with Crippen molar-refractivity contribution in [1.82, 2.24) is 9.97 Å². The summed E-state index contributed by atoms with van der Waals surface area (Å²) < 4.78 is 23.3. The first kappa shape index (κ1) is 39.7. The molecule has 2 aromatic rings. The van der Waals surface area contributed by atoms with Crippen molar-refractivity contribution in [2.24, 2.45) is 33.9 Å². The van der Waals surface area contributed by atoms with Crippen molar-refractivity contribution < 1.29 is 28.5 Å². The minimum absolute atomic E-state index is 0.00783. The molecule has 2 aliphatic heterocycles. The topological polar surface area (TPSA) is 194 Å². The zero-order valence-electron chi connectivity index (χ0n) is 27.3. The van der Waals surface area contributed by atoms with Gasteiger partial charge in [-0.2, -0.15) is 0 Å². The highest BCUT2D eigenvalue weighted by Gasteiger charge is 2.43. The SMILES string of the molecule is CC(=O)OCC1O[C@H](Sc2cncc(Br)c2)C(C)[C@@H](N=[N+]=[N-])[C@H]1C.CC(=O)OCC1O[C@H](Sc2cncc(Cl)c2)C(C)[C@@H](N=[N+]=[N-])[C@H]1C. The summed E-state index contributed by atoms with van der Waals surface area (Å²) in [4.78, 5) is 38.1. The number of nitrogens with zero attached hydrogens (tertiary/aromatic N) is 8. The lowest BCUT2D eigenvalue weighted by atomic mass is 9.85. The molecule has 4 heterocycles. The summed E-state index contributed by atoms with van der Waals surface area (Å²) in [6.45, 7) is 10.9. The lowest BCUT2D eigenvalue weighted by Crippen LogP contribution is -2.48. The number of azide groups is 2. The van der Waals surface area contributed by atoms with Crippen LogP contribution in [0.15, 0.2) is 61.4 Å². The third-order valence-corrected chi connectivity index (χ3v) is 11.1. The summed E-state index contributed by atoms with van der Waals surface area (Å²) in [5.74, 6) is -0.850. The number of thioether (sulfide) groups is 2. The third kappa shape index (κ3) is 11.7. The van der Waals surface area contributed by atoms with Crippen LogP contribution in [-0.2, 0) is 28.5 Å². The highest BCUT2D eigenvalue weighted by Crippen LogP contribution is 2.42. The summed E-state index contributed by atoms with van der Waals surface area (Å²) >= 11 is 12.4. The van der Waals surface area contributed by atoms with E-state index in [4.69, 9.17) is 41.6 Å². The molecular formula is C30H38BrClN8O6S2. The van der Waals surface area contributed by atoms with Crippen LogP contribution in [-0.4, -0.2) is 70.3 Å². The fourth-order valence-electron chi connectivity index (χ4n) is 5.33. The summed E-state index contributed by atoms with van der Waals surface area (Å²) in [6, 6.07) is 3.27. The van der Waals surface area contributed by atoms with Crippen LogP contribution in [0.3, 0.4) is 0 Å². The molecule has 2 saturated heterocycles. The van der Waals surface area contributed by atoms with Gasteiger partial charge >= 0.3 is 11.9 Å². The number of ether oxygens (including phenoxy) is 4. The average Bonchev–Trinajstić information content (AvgIpc) is 3.03. The molecular weight excluding hydrogens is 748 g/mol. The molecule has 0 N–H and O–H groups in total. The smallest absolute Gasteiger partial charge is 0.302 e. The van der Waals surface area contributed by atoms with Gasteiger partial charge in [-0.3, -0.25) is 19.6 Å². The molecule has 4 rings (SSSR count). The van der Waals surface area contributed by atoms with Crippen molar-refractivity contribution in [3.63, 3.8) is 0 Å². The number of hydrogen-bond acceptors (Lipinski definition) is 12. The molecule has 10 atom stereocenters. The van der Waals surface area contributed by atoms with E-state index in [2.05, 4.69) is 45.9 Å². The Hall–Kier alpha value is -2.75. The molecule has 0 radical (unpaired) electrons. The summed E-state index contributed by atoms with van der Waals surface area (Å²) in [5.41, 5.74) is 17.3. The molecule has 260 valence electrons. The molecule has 2 aliphatic rings. The molecule has 0 amide bonds. The maximum atomic E-state index is 11.1. The quantitative estimate of drug-likeness (QED) is 0.0980. The van der Waals surface area contributed by atoms with Crippen molar-refractivity contribution >= 4 is 63.0 Å². The Morgan fingerprint density at radius 2 is 1.25 bits per heavy atom. The van der Waals surface area contributed by atoms with Crippen LogP contribution in [0.25, 0.3) is 20.9 Å². The zero-order chi connectivity index (χ0) is 35.4. The standard InChI is InChI=1S/C15H19BrN4O3S.C15H19ClN4O3S/c2*1-8-13(7-22-10(3)21)23-15(9(2)14(8)19-20-17)24-12-4-11(16)5-18-6-12/h2*4-6,8-9,13-15H,7H2,1-3H3/t2*8-,9?,13?,14-,15+/m00/s1. The summed E-state index contributed by atoms with van der Waals surface area (Å²) in [6.07, 6.45) is 6.07. The molecule has 4 unspecified atom stereocenters. The van der Waals surface area contributed by atoms with Gasteiger partial charge < -0.3 is 18.9 Å². The number of hydrogen-bond donors (Lipinski definition) is 0. The van der Waals surface area contributed by atoms with Gasteiger partial charge in [0, 0.05) is 86.6 Å². The van der Waals surface area contributed by atoms with Crippen molar-refractivity contribution in [2.75, 3.05) is 13.2 Å². The van der Waals surface area contributed by atoms with E-state index in [0.717, 1.165) is 14.3 Å². The van der Waals surface area contributed by atoms with Crippen LogP contribution in [0.5, 0.6) is 0 Å². The fourth-order valence-corrected chi connectivity index (χ4v) is 8.41. The summed E-state index contributed by atoms with van der Waals surface area (Å²) in [7, 11) is 0. The number of pyridine rings is 2. The zero-order valence-corrected chi connectivity index (χ0v) is 31.2. The fraction of sp³-hybridized carbons (Fsp3) is 0.600. The Balaban J connectivity index is 0.000000260. The molecule has 0 aromatic carbocycles. The van der Waals surface area contributed by atoms with Gasteiger partial charge in [-0.1, -0.05) is 73.0 Å². The first-order valence-electron chi connectivity index (χ1n) is 15.0. The van der Waals surface area contributed by atoms with Crippen molar-refractivity contribution in [3.8, 4) is 0 Å². The number of carbonyl (C=O) groups excluding carboxylic acids is 2. The van der Waals surface area contributed by atoms with E-state index in [1.165, 1.54) is 37.4 Å². The molecule has 14 nitrogen and oxygen atoms in total. The second-order valence-corrected chi connectivity index (χ2v) is 15.1. The largest absolute Gasteiger partial charge is 0.463 e. The number of aromatic nitrogens is 2. The number of halogens is 2. The van der Waals surface area contributed by atoms with Gasteiger partial charge in [-0.25, -0.2) is 0 Å². The van der Waals surface area contributed by atoms with Gasteiger partial charge in [0.1, 0.15) is 24.1 Å². The molecule has 18 heteroatoms. The maximum Gasteiger partial charge on any atom is 0.302 e. The second-order valence-electron chi connectivity index (χ2n) is 11.4. The molecule has 0 saturated carbocycles. The van der Waals surface area contributed by atoms with Crippen molar-refractivity contribution in [1.29, 1.82) is 0 Å². The highest BCUT2D eigenvalue weighted by molar-refractivity contribution is 9.10. The minimum atomic E-state index is -0.368. The Morgan fingerprint density at radius 3 is 1.65 bits per heavy atom. The Labute approximate surface area is 301 Å². The predicted molar refractivity (Wildman–Crippen MR) is 186 cm³/mol. The first-order chi connectivity index (χ1) is 22.8. The van der Waals surface area contributed by atoms with E-state index >= 15 is 0 Å². The minimum Gasteiger partial charge on any atom is -0.463 e. The monoisotopic (exact) mass is 784 g/mol. The van der Waals surface area contributed by atoms with Crippen LogP contribution in [0, 0.1) is 23.7 Å². The van der Waals surface area contributed by atoms with Crippen molar-refractivity contribution in [3.05, 3.63) is 67.3 Å². The van der Waals surface area contributed by atoms with Gasteiger partial charge in [0.15, 0.2) is 0 Å². The van der Waals surface area contributed by atoms with E-state index in [0.29, 0.717) is 5.02 Å². The molecule has 0 aliphatic carbocycles. The van der Waals surface area contributed by atoms with Gasteiger partial charge in [-0.05, 0) is 51.0 Å². The van der Waals surface area contributed by atoms with E-state index in [1.807, 2.05) is 33.8 Å². The van der Waals surface area contributed by atoms with Crippen molar-refractivity contribution in [2.45, 2.75) is 86.5 Å². The van der Waals surface area contributed by atoms with E-state index < -0.39 is 0 Å². The van der Waals surface area contributed by atoms with Crippen LogP contribution in [0.1, 0.15) is 41.5 Å². The van der Waals surface area contributed by atoms with Gasteiger partial charge in [0.05, 0.1) is 17.2 Å². The molecule has 2 aromatic heterocycles. The molecule has 0 spiro atoms. The van der Waals surface area contributed by atoms with Gasteiger partial charge in [0.2, 0.25) is 0 Å². The predicted octanol–water partition coefficient (Wildman–Crippen LogP) is 8.24. The van der Waals surface area contributed by atoms with Crippen LogP contribution < -0.4 is 0 Å². The number of esters is 2. The van der Waals surface area contributed by atoms with Gasteiger partial charge in [-0.15, -0.1) is 0 Å². The molecule has 48 heavy (non-hydrogen) atoms. The Kier molecular flexibility index (Phi) is 16.1. The van der Waals surface area contributed by atoms with E-state index in [1.54, 1.807) is 30.9 Å². The summed E-state index contributed by atoms with van der Waals surface area (Å²) in [5, 5.41) is 8.43. The first-order valence-corrected chi connectivity index (χ1v) is 18.0. The maximum absolute atomic E-state index is 11.1.